The van der Waals surface area contributed by atoms with Gasteiger partial charge in [-0.3, -0.25) is 0 Å². The van der Waals surface area contributed by atoms with Crippen molar-refractivity contribution < 1.29 is 30.4 Å². The quantitative estimate of drug-likeness (QED) is 0.309. The summed E-state index contributed by atoms with van der Waals surface area (Å²) in [4.78, 5) is 5.66. The van der Waals surface area contributed by atoms with E-state index in [1.54, 1.807) is 0 Å². The van der Waals surface area contributed by atoms with E-state index in [-0.39, 0.29) is 46.6 Å². The molecule has 212 valence electrons. The fraction of sp³-hybridized carbons (Fsp3) is 0.440. The summed E-state index contributed by atoms with van der Waals surface area (Å²) in [5, 5.41) is 8.15. The van der Waals surface area contributed by atoms with Crippen molar-refractivity contribution >= 4 is 27.4 Å². The van der Waals surface area contributed by atoms with Crippen LogP contribution in [-0.2, 0) is 16.0 Å². The summed E-state index contributed by atoms with van der Waals surface area (Å²) in [5.41, 5.74) is 5.10. The second kappa shape index (κ2) is 10.7. The fourth-order valence-corrected chi connectivity index (χ4v) is 6.46. The van der Waals surface area contributed by atoms with E-state index in [0.29, 0.717) is 31.5 Å². The van der Waals surface area contributed by atoms with E-state index in [2.05, 4.69) is 20.5 Å². The van der Waals surface area contributed by atoms with Crippen molar-refractivity contribution in [1.29, 1.82) is 0 Å². The molecule has 4 N–H and O–H groups in total. The molecule has 1 fully saturated rings. The highest BCUT2D eigenvalue weighted by molar-refractivity contribution is 7.92. The van der Waals surface area contributed by atoms with E-state index in [4.69, 9.17) is 5.73 Å². The van der Waals surface area contributed by atoms with Crippen molar-refractivity contribution in [3.63, 3.8) is 0 Å². The Hall–Kier alpha value is -3.26. The first-order chi connectivity index (χ1) is 18.1. The number of likely N-dealkylation sites (tertiary alicyclic amines) is 1. The molecule has 3 aromatic rings. The average molecular weight is 573 g/mol. The molecule has 1 aliphatic rings. The second-order valence-corrected chi connectivity index (χ2v) is 12.0. The van der Waals surface area contributed by atoms with Gasteiger partial charge >= 0.3 is 6.18 Å². The Labute approximate surface area is 222 Å². The molecule has 2 heterocycles. The molecule has 1 aromatic heterocycles. The Morgan fingerprint density at radius 1 is 1.10 bits per heavy atom. The molecule has 1 saturated heterocycles. The molecule has 0 aliphatic carbocycles. The number of hydrogen-bond acceptors (Lipinski definition) is 7. The van der Waals surface area contributed by atoms with E-state index in [1.165, 1.54) is 37.3 Å². The predicted molar refractivity (Wildman–Crippen MR) is 138 cm³/mol. The Morgan fingerprint density at radius 2 is 1.74 bits per heavy atom. The summed E-state index contributed by atoms with van der Waals surface area (Å²) in [6, 6.07) is 7.80. The molecular formula is C25H29F5N6O2S. The van der Waals surface area contributed by atoms with Gasteiger partial charge in [-0.1, -0.05) is 12.1 Å². The van der Waals surface area contributed by atoms with Crippen molar-refractivity contribution in [3.05, 3.63) is 47.5 Å². The summed E-state index contributed by atoms with van der Waals surface area (Å²) in [6.45, 7) is 3.33. The molecule has 39 heavy (non-hydrogen) atoms. The van der Waals surface area contributed by atoms with Crippen LogP contribution in [0.1, 0.15) is 37.3 Å². The van der Waals surface area contributed by atoms with Crippen LogP contribution in [0, 0.1) is 6.92 Å². The van der Waals surface area contributed by atoms with Gasteiger partial charge in [0.2, 0.25) is 17.8 Å². The lowest BCUT2D eigenvalue weighted by molar-refractivity contribution is -0.137. The van der Waals surface area contributed by atoms with Crippen molar-refractivity contribution in [2.75, 3.05) is 30.7 Å². The lowest BCUT2D eigenvalue weighted by Crippen LogP contribution is -2.40. The minimum Gasteiger partial charge on any atom is -0.368 e. The van der Waals surface area contributed by atoms with Crippen LogP contribution < -0.4 is 11.1 Å². The monoisotopic (exact) mass is 572 g/mol. The SMILES string of the molecule is Cc1cc(Nc2n[nH]c(N)n2)cc(C(F)(F)F)c1-c1ccc(S(=O)(=O)C2CCN(CCC(C)(F)F)CC2)cc1. The summed E-state index contributed by atoms with van der Waals surface area (Å²) in [7, 11) is -3.75. The minimum atomic E-state index is -4.70. The largest absolute Gasteiger partial charge is 0.417 e. The number of rotatable bonds is 8. The number of H-pyrrole nitrogens is 1. The van der Waals surface area contributed by atoms with Gasteiger partial charge < -0.3 is 16.0 Å². The highest BCUT2D eigenvalue weighted by Crippen LogP contribution is 2.41. The summed E-state index contributed by atoms with van der Waals surface area (Å²) < 4.78 is 95.0. The van der Waals surface area contributed by atoms with E-state index >= 15 is 0 Å². The Kier molecular flexibility index (Phi) is 7.90. The number of piperidine rings is 1. The second-order valence-electron chi connectivity index (χ2n) is 9.81. The highest BCUT2D eigenvalue weighted by Gasteiger charge is 2.36. The number of aromatic nitrogens is 3. The van der Waals surface area contributed by atoms with Gasteiger partial charge in [-0.25, -0.2) is 22.3 Å². The van der Waals surface area contributed by atoms with Crippen LogP contribution in [0.2, 0.25) is 0 Å². The molecule has 0 bridgehead atoms. The standard InChI is InChI=1S/C25H29F5N6O2S/c1-15-13-17(32-23-33-22(31)34-35-23)14-20(25(28,29)30)21(15)16-3-5-18(6-4-16)39(37,38)19-7-10-36(11-8-19)12-9-24(2,26)27/h3-6,13-14,19H,7-12H2,1-2H3,(H4,31,32,33,34,35). The maximum absolute atomic E-state index is 14.1. The number of aryl methyl sites for hydroxylation is 1. The Bertz CT molecular complexity index is 1410. The topological polar surface area (TPSA) is 117 Å². The number of hydrogen-bond donors (Lipinski definition) is 3. The normalized spacial score (nSPS) is 16.0. The molecule has 0 saturated carbocycles. The van der Waals surface area contributed by atoms with Crippen molar-refractivity contribution in [2.24, 2.45) is 0 Å². The molecule has 0 radical (unpaired) electrons. The number of sulfone groups is 1. The van der Waals surface area contributed by atoms with Gasteiger partial charge in [0.25, 0.3) is 0 Å². The third-order valence-corrected chi connectivity index (χ3v) is 8.99. The molecule has 1 aliphatic heterocycles. The summed E-state index contributed by atoms with van der Waals surface area (Å²) in [5.74, 6) is -2.77. The molecule has 0 amide bonds. The average Bonchev–Trinajstić information content (AvgIpc) is 3.26. The van der Waals surface area contributed by atoms with Gasteiger partial charge in [-0.05, 0) is 80.7 Å². The third-order valence-electron chi connectivity index (χ3n) is 6.71. The van der Waals surface area contributed by atoms with Crippen LogP contribution >= 0.6 is 0 Å². The number of alkyl halides is 5. The molecule has 0 atom stereocenters. The van der Waals surface area contributed by atoms with Crippen molar-refractivity contribution in [3.8, 4) is 11.1 Å². The van der Waals surface area contributed by atoms with Crippen LogP contribution in [0.15, 0.2) is 41.3 Å². The molecule has 0 unspecified atom stereocenters. The molecule has 2 aromatic carbocycles. The number of anilines is 3. The van der Waals surface area contributed by atoms with Crippen LogP contribution in [0.4, 0.5) is 39.5 Å². The van der Waals surface area contributed by atoms with Gasteiger partial charge in [-0.2, -0.15) is 18.2 Å². The van der Waals surface area contributed by atoms with Crippen LogP contribution in [0.5, 0.6) is 0 Å². The molecule has 4 rings (SSSR count). The zero-order valence-electron chi connectivity index (χ0n) is 21.3. The number of nitrogens with zero attached hydrogens (tertiary/aromatic N) is 3. The molecule has 0 spiro atoms. The van der Waals surface area contributed by atoms with Crippen molar-refractivity contribution in [1.82, 2.24) is 20.1 Å². The van der Waals surface area contributed by atoms with Crippen LogP contribution in [0.25, 0.3) is 11.1 Å². The Balaban J connectivity index is 1.54. The van der Waals surface area contributed by atoms with E-state index in [1.807, 2.05) is 4.90 Å². The maximum atomic E-state index is 14.1. The fourth-order valence-electron chi connectivity index (χ4n) is 4.73. The zero-order valence-corrected chi connectivity index (χ0v) is 22.1. The highest BCUT2D eigenvalue weighted by atomic mass is 32.2. The predicted octanol–water partition coefficient (Wildman–Crippen LogP) is 5.41. The first-order valence-corrected chi connectivity index (χ1v) is 13.8. The first kappa shape index (κ1) is 28.7. The zero-order chi connectivity index (χ0) is 28.6. The summed E-state index contributed by atoms with van der Waals surface area (Å²) >= 11 is 0. The lowest BCUT2D eigenvalue weighted by atomic mass is 9.94. The van der Waals surface area contributed by atoms with Gasteiger partial charge in [0.1, 0.15) is 0 Å². The number of nitrogens with one attached hydrogen (secondary N) is 2. The Morgan fingerprint density at radius 3 is 2.28 bits per heavy atom. The van der Waals surface area contributed by atoms with Gasteiger partial charge in [-0.15, -0.1) is 5.10 Å². The molecule has 14 heteroatoms. The summed E-state index contributed by atoms with van der Waals surface area (Å²) in [6.07, 6.45) is -4.41. The van der Waals surface area contributed by atoms with E-state index in [0.717, 1.165) is 13.0 Å². The number of halogens is 5. The van der Waals surface area contributed by atoms with Crippen molar-refractivity contribution in [2.45, 2.75) is 55.4 Å². The third kappa shape index (κ3) is 6.85. The number of nitrogens with two attached hydrogens (primary N) is 1. The van der Waals surface area contributed by atoms with Gasteiger partial charge in [0.15, 0.2) is 9.84 Å². The smallest absolute Gasteiger partial charge is 0.368 e. The number of aromatic amines is 1. The van der Waals surface area contributed by atoms with Gasteiger partial charge in [0, 0.05) is 18.7 Å². The van der Waals surface area contributed by atoms with Crippen LogP contribution in [0.3, 0.4) is 0 Å². The van der Waals surface area contributed by atoms with Gasteiger partial charge in [0.05, 0.1) is 15.7 Å². The first-order valence-electron chi connectivity index (χ1n) is 12.2. The molecule has 8 nitrogen and oxygen atoms in total. The van der Waals surface area contributed by atoms with Crippen LogP contribution in [-0.4, -0.2) is 59.3 Å². The maximum Gasteiger partial charge on any atom is 0.417 e. The number of benzene rings is 2. The lowest BCUT2D eigenvalue weighted by Gasteiger charge is -2.32. The van der Waals surface area contributed by atoms with E-state index < -0.39 is 32.7 Å². The number of nitrogen functional groups attached to an aromatic ring is 1. The minimum absolute atomic E-state index is 0.00336. The molecular weight excluding hydrogens is 543 g/mol. The van der Waals surface area contributed by atoms with E-state index in [9.17, 15) is 30.4 Å².